The van der Waals surface area contributed by atoms with Crippen LogP contribution in [0.4, 0.5) is 0 Å². The first-order valence-corrected chi connectivity index (χ1v) is 14.8. The number of unbranched alkanes of at least 4 members (excludes halogenated alkanes) is 12. The van der Waals surface area contributed by atoms with Crippen LogP contribution in [0, 0.1) is 0 Å². The molecule has 0 unspecified atom stereocenters. The molecule has 1 rings (SSSR count). The van der Waals surface area contributed by atoms with Crippen LogP contribution in [-0.2, 0) is 20.0 Å². The maximum atomic E-state index is 13.2. The van der Waals surface area contributed by atoms with Crippen molar-refractivity contribution in [3.8, 4) is 5.75 Å². The van der Waals surface area contributed by atoms with E-state index in [9.17, 15) is 4.57 Å². The number of phosphoric acid groups is 1. The molecule has 0 spiro atoms. The summed E-state index contributed by atoms with van der Waals surface area (Å²) >= 11 is 0. The van der Waals surface area contributed by atoms with Crippen molar-refractivity contribution >= 4 is 7.82 Å². The SMILES string of the molecule is CCCCCCCCCc1ccc(OP(=O)(OCCCCCC)OCCCCCC)cc1. The van der Waals surface area contributed by atoms with Gasteiger partial charge in [0.25, 0.3) is 0 Å². The monoisotopic (exact) mass is 468 g/mol. The highest BCUT2D eigenvalue weighted by atomic mass is 31.2. The van der Waals surface area contributed by atoms with Crippen LogP contribution in [0.1, 0.15) is 123 Å². The molecule has 0 aromatic heterocycles. The van der Waals surface area contributed by atoms with Crippen LogP contribution < -0.4 is 4.52 Å². The van der Waals surface area contributed by atoms with E-state index < -0.39 is 7.82 Å². The lowest BCUT2D eigenvalue weighted by Gasteiger charge is -2.19. The molecule has 0 radical (unpaired) electrons. The summed E-state index contributed by atoms with van der Waals surface area (Å²) in [5, 5.41) is 0. The van der Waals surface area contributed by atoms with Gasteiger partial charge in [-0.2, -0.15) is 0 Å². The van der Waals surface area contributed by atoms with Crippen LogP contribution in [0.2, 0.25) is 0 Å². The normalized spacial score (nSPS) is 11.7. The van der Waals surface area contributed by atoms with Crippen molar-refractivity contribution in [2.45, 2.75) is 124 Å². The minimum Gasteiger partial charge on any atom is -0.404 e. The van der Waals surface area contributed by atoms with E-state index in [0.29, 0.717) is 19.0 Å². The molecule has 0 aliphatic rings. The Kier molecular flexibility index (Phi) is 17.9. The van der Waals surface area contributed by atoms with Gasteiger partial charge in [-0.15, -0.1) is 0 Å². The Bertz CT molecular complexity index is 570. The summed E-state index contributed by atoms with van der Waals surface area (Å²) in [6.07, 6.45) is 18.8. The lowest BCUT2D eigenvalue weighted by Crippen LogP contribution is -2.05. The second kappa shape index (κ2) is 19.6. The Morgan fingerprint density at radius 2 is 1.03 bits per heavy atom. The zero-order valence-corrected chi connectivity index (χ0v) is 22.0. The highest BCUT2D eigenvalue weighted by Gasteiger charge is 2.28. The molecule has 0 saturated carbocycles. The molecule has 0 aliphatic carbocycles. The maximum absolute atomic E-state index is 13.2. The molecule has 4 nitrogen and oxygen atoms in total. The fraction of sp³-hybridized carbons (Fsp3) is 0.778. The van der Waals surface area contributed by atoms with E-state index in [2.05, 4.69) is 32.9 Å². The van der Waals surface area contributed by atoms with Gasteiger partial charge in [-0.1, -0.05) is 110 Å². The molecule has 186 valence electrons. The summed E-state index contributed by atoms with van der Waals surface area (Å²) in [5.41, 5.74) is 1.29. The summed E-state index contributed by atoms with van der Waals surface area (Å²) in [4.78, 5) is 0. The molecule has 0 heterocycles. The summed E-state index contributed by atoms with van der Waals surface area (Å²) in [6.45, 7) is 7.41. The van der Waals surface area contributed by atoms with Crippen LogP contribution in [0.15, 0.2) is 24.3 Å². The molecule has 0 saturated heterocycles. The maximum Gasteiger partial charge on any atom is 0.530 e. The molecule has 1 aromatic carbocycles. The topological polar surface area (TPSA) is 44.8 Å². The number of hydrogen-bond acceptors (Lipinski definition) is 4. The third-order valence-corrected chi connectivity index (χ3v) is 7.14. The molecular formula is C27H49O4P. The standard InChI is InChI=1S/C27H49O4P/c1-4-7-10-13-14-15-16-19-26-20-22-27(23-21-26)31-32(28,29-24-17-11-8-5-2)30-25-18-12-9-6-3/h20-23H,4-19,24-25H2,1-3H3. The van der Waals surface area contributed by atoms with Crippen molar-refractivity contribution < 1.29 is 18.1 Å². The molecule has 5 heteroatoms. The average Bonchev–Trinajstić information content (AvgIpc) is 2.79. The first-order chi connectivity index (χ1) is 15.6. The van der Waals surface area contributed by atoms with Gasteiger partial charge in [-0.05, 0) is 43.4 Å². The Hall–Kier alpha value is -0.830. The summed E-state index contributed by atoms with van der Waals surface area (Å²) in [6, 6.07) is 7.92. The van der Waals surface area contributed by atoms with Crippen LogP contribution in [-0.4, -0.2) is 13.2 Å². The molecular weight excluding hydrogens is 419 g/mol. The van der Waals surface area contributed by atoms with E-state index in [1.165, 1.54) is 50.5 Å². The van der Waals surface area contributed by atoms with Crippen LogP contribution >= 0.6 is 7.82 Å². The second-order valence-corrected chi connectivity index (χ2v) is 10.4. The summed E-state index contributed by atoms with van der Waals surface area (Å²) < 4.78 is 30.2. The molecule has 0 fully saturated rings. The van der Waals surface area contributed by atoms with E-state index in [0.717, 1.165) is 57.8 Å². The van der Waals surface area contributed by atoms with E-state index in [-0.39, 0.29) is 0 Å². The van der Waals surface area contributed by atoms with Gasteiger partial charge in [0.15, 0.2) is 0 Å². The second-order valence-electron chi connectivity index (χ2n) is 8.84. The third-order valence-electron chi connectivity index (χ3n) is 5.70. The highest BCUT2D eigenvalue weighted by Crippen LogP contribution is 2.49. The zero-order valence-electron chi connectivity index (χ0n) is 21.1. The Morgan fingerprint density at radius 1 is 0.594 bits per heavy atom. The van der Waals surface area contributed by atoms with Gasteiger partial charge in [0.2, 0.25) is 0 Å². The van der Waals surface area contributed by atoms with Crippen molar-refractivity contribution in [1.82, 2.24) is 0 Å². The van der Waals surface area contributed by atoms with Crippen LogP contribution in [0.5, 0.6) is 5.75 Å². The van der Waals surface area contributed by atoms with Gasteiger partial charge in [0.05, 0.1) is 13.2 Å². The van der Waals surface area contributed by atoms with E-state index in [4.69, 9.17) is 13.6 Å². The minimum atomic E-state index is -3.59. The molecule has 0 atom stereocenters. The minimum absolute atomic E-state index is 0.405. The smallest absolute Gasteiger partial charge is 0.404 e. The van der Waals surface area contributed by atoms with Gasteiger partial charge in [0, 0.05) is 0 Å². The van der Waals surface area contributed by atoms with E-state index in [1.807, 2.05) is 12.1 Å². The van der Waals surface area contributed by atoms with Crippen LogP contribution in [0.3, 0.4) is 0 Å². The molecule has 0 amide bonds. The average molecular weight is 469 g/mol. The number of phosphoric ester groups is 1. The summed E-state index contributed by atoms with van der Waals surface area (Å²) in [5.74, 6) is 0.554. The number of aryl methyl sites for hydroxylation is 1. The Morgan fingerprint density at radius 3 is 1.53 bits per heavy atom. The third kappa shape index (κ3) is 15.1. The Labute approximate surface area is 198 Å². The number of rotatable bonds is 22. The first kappa shape index (κ1) is 29.2. The molecule has 1 aromatic rings. The quantitative estimate of drug-likeness (QED) is 0.125. The predicted molar refractivity (Wildman–Crippen MR) is 137 cm³/mol. The lowest BCUT2D eigenvalue weighted by atomic mass is 10.0. The first-order valence-electron chi connectivity index (χ1n) is 13.3. The largest absolute Gasteiger partial charge is 0.530 e. The molecule has 32 heavy (non-hydrogen) atoms. The number of benzene rings is 1. The van der Waals surface area contributed by atoms with Crippen LogP contribution in [0.25, 0.3) is 0 Å². The van der Waals surface area contributed by atoms with Crippen molar-refractivity contribution in [3.05, 3.63) is 29.8 Å². The molecule has 0 N–H and O–H groups in total. The van der Waals surface area contributed by atoms with Crippen molar-refractivity contribution in [2.24, 2.45) is 0 Å². The highest BCUT2D eigenvalue weighted by molar-refractivity contribution is 7.48. The van der Waals surface area contributed by atoms with Gasteiger partial charge in [-0.25, -0.2) is 4.57 Å². The zero-order chi connectivity index (χ0) is 23.3. The number of hydrogen-bond donors (Lipinski definition) is 0. The Balaban J connectivity index is 2.47. The molecule has 0 aliphatic heterocycles. The van der Waals surface area contributed by atoms with E-state index in [1.54, 1.807) is 0 Å². The van der Waals surface area contributed by atoms with E-state index >= 15 is 0 Å². The summed E-state index contributed by atoms with van der Waals surface area (Å²) in [7, 11) is -3.59. The van der Waals surface area contributed by atoms with Gasteiger partial charge in [-0.3, -0.25) is 9.05 Å². The molecule has 0 bridgehead atoms. The fourth-order valence-corrected chi connectivity index (χ4v) is 4.90. The van der Waals surface area contributed by atoms with Gasteiger partial charge < -0.3 is 4.52 Å². The fourth-order valence-electron chi connectivity index (χ4n) is 3.63. The van der Waals surface area contributed by atoms with Crippen molar-refractivity contribution in [3.63, 3.8) is 0 Å². The van der Waals surface area contributed by atoms with Gasteiger partial charge in [0.1, 0.15) is 5.75 Å². The predicted octanol–water partition coefficient (Wildman–Crippen LogP) is 9.66. The van der Waals surface area contributed by atoms with Gasteiger partial charge >= 0.3 is 7.82 Å². The lowest BCUT2D eigenvalue weighted by molar-refractivity contribution is 0.151. The van der Waals surface area contributed by atoms with Crippen molar-refractivity contribution in [1.29, 1.82) is 0 Å². The van der Waals surface area contributed by atoms with Crippen molar-refractivity contribution in [2.75, 3.05) is 13.2 Å².